The predicted octanol–water partition coefficient (Wildman–Crippen LogP) is 3.03. The third kappa shape index (κ3) is 3.80. The van der Waals surface area contributed by atoms with E-state index in [2.05, 4.69) is 4.98 Å². The molecule has 1 saturated heterocycles. The topological polar surface area (TPSA) is 71.9 Å². The maximum absolute atomic E-state index is 13.0. The summed E-state index contributed by atoms with van der Waals surface area (Å²) >= 11 is 6.02. The predicted molar refractivity (Wildman–Crippen MR) is 105 cm³/mol. The van der Waals surface area contributed by atoms with Gasteiger partial charge in [-0.15, -0.1) is 0 Å². The molecule has 2 heterocycles. The van der Waals surface area contributed by atoms with E-state index < -0.39 is 6.10 Å². The number of ether oxygens (including phenoxy) is 2. The van der Waals surface area contributed by atoms with Gasteiger partial charge < -0.3 is 19.5 Å². The van der Waals surface area contributed by atoms with E-state index in [0.29, 0.717) is 53.9 Å². The number of aliphatic hydroxyl groups is 1. The summed E-state index contributed by atoms with van der Waals surface area (Å²) in [5.74, 6) is 1.64. The number of methoxy groups -OCH3 is 1. The Bertz CT molecular complexity index is 862. The average Bonchev–Trinajstić information content (AvgIpc) is 3.10. The third-order valence-electron chi connectivity index (χ3n) is 5.69. The zero-order valence-electron chi connectivity index (χ0n) is 15.6. The van der Waals surface area contributed by atoms with Crippen LogP contribution in [0.2, 0.25) is 5.02 Å². The van der Waals surface area contributed by atoms with Crippen LogP contribution in [0.5, 0.6) is 11.5 Å². The number of hydrogen-bond acceptors (Lipinski definition) is 5. The summed E-state index contributed by atoms with van der Waals surface area (Å²) in [4.78, 5) is 18.8. The second kappa shape index (κ2) is 7.97. The molecule has 1 aliphatic heterocycles. The Morgan fingerprint density at radius 2 is 2.04 bits per heavy atom. The fraction of sp³-hybridized carbons (Fsp3) is 0.429. The van der Waals surface area contributed by atoms with Crippen LogP contribution in [0.15, 0.2) is 42.7 Å². The van der Waals surface area contributed by atoms with Crippen molar-refractivity contribution in [2.75, 3.05) is 20.2 Å². The Morgan fingerprint density at radius 1 is 1.25 bits per heavy atom. The number of carbonyl (C=O) groups is 1. The number of fused-ring (bicyclic) bond motifs is 1. The van der Waals surface area contributed by atoms with E-state index in [1.807, 2.05) is 17.0 Å². The Balaban J connectivity index is 1.44. The number of amides is 1. The fourth-order valence-electron chi connectivity index (χ4n) is 4.29. The summed E-state index contributed by atoms with van der Waals surface area (Å²) in [6.45, 7) is 1.28. The van der Waals surface area contributed by atoms with Crippen molar-refractivity contribution in [3.8, 4) is 11.5 Å². The summed E-state index contributed by atoms with van der Waals surface area (Å²) < 4.78 is 11.3. The van der Waals surface area contributed by atoms with Gasteiger partial charge in [-0.3, -0.25) is 9.78 Å². The van der Waals surface area contributed by atoms with E-state index in [-0.39, 0.29) is 17.9 Å². The Hall–Kier alpha value is -2.31. The van der Waals surface area contributed by atoms with Crippen LogP contribution in [-0.2, 0) is 0 Å². The molecule has 1 aromatic carbocycles. The zero-order valence-corrected chi connectivity index (χ0v) is 16.4. The molecule has 1 saturated carbocycles. The van der Waals surface area contributed by atoms with Gasteiger partial charge in [0.25, 0.3) is 5.91 Å². The molecular weight excluding hydrogens is 380 g/mol. The molecule has 7 heteroatoms. The van der Waals surface area contributed by atoms with E-state index in [1.54, 1.807) is 30.6 Å². The van der Waals surface area contributed by atoms with Crippen LogP contribution in [0.4, 0.5) is 0 Å². The van der Waals surface area contributed by atoms with Gasteiger partial charge in [0.2, 0.25) is 0 Å². The first kappa shape index (κ1) is 19.0. The van der Waals surface area contributed by atoms with Gasteiger partial charge in [0.1, 0.15) is 17.6 Å². The standard InChI is InChI=1S/C21H23ClN2O4/c1-27-20-10-23-6-5-17(20)21(26)24-11-13-7-18(25)19(8-14(13)12-24)28-16-4-2-3-15(22)9-16/h2-6,9-10,13-14,18-19,25H,7-8,11-12H2,1H3/t13-,14+,18+,19+/m0/s1. The van der Waals surface area contributed by atoms with Crippen molar-refractivity contribution in [2.45, 2.75) is 25.0 Å². The highest BCUT2D eigenvalue weighted by atomic mass is 35.5. The normalized spacial score (nSPS) is 26.6. The number of halogens is 1. The van der Waals surface area contributed by atoms with E-state index in [4.69, 9.17) is 21.1 Å². The molecule has 6 nitrogen and oxygen atoms in total. The number of likely N-dealkylation sites (tertiary alicyclic amines) is 1. The molecular formula is C21H23ClN2O4. The van der Waals surface area contributed by atoms with Crippen molar-refractivity contribution in [3.63, 3.8) is 0 Å². The molecule has 0 bridgehead atoms. The van der Waals surface area contributed by atoms with E-state index in [1.165, 1.54) is 7.11 Å². The minimum atomic E-state index is -0.564. The zero-order chi connectivity index (χ0) is 19.7. The third-order valence-corrected chi connectivity index (χ3v) is 5.93. The average molecular weight is 403 g/mol. The lowest BCUT2D eigenvalue weighted by Crippen LogP contribution is -2.42. The van der Waals surface area contributed by atoms with Gasteiger partial charge in [-0.25, -0.2) is 0 Å². The van der Waals surface area contributed by atoms with Crippen LogP contribution in [0, 0.1) is 11.8 Å². The van der Waals surface area contributed by atoms with Crippen LogP contribution in [0.25, 0.3) is 0 Å². The molecule has 148 valence electrons. The molecule has 2 aromatic rings. The number of nitrogens with zero attached hydrogens (tertiary/aromatic N) is 2. The van der Waals surface area contributed by atoms with Crippen molar-refractivity contribution in [1.29, 1.82) is 0 Å². The summed E-state index contributed by atoms with van der Waals surface area (Å²) in [6.07, 6.45) is 3.60. The maximum Gasteiger partial charge on any atom is 0.257 e. The number of rotatable bonds is 4. The maximum atomic E-state index is 13.0. The number of benzene rings is 1. The number of carbonyl (C=O) groups excluding carboxylic acids is 1. The molecule has 4 atom stereocenters. The SMILES string of the molecule is COc1cnccc1C(=O)N1C[C@H]2C[C@@H](Oc3cccc(Cl)c3)[C@H](O)C[C@H]2C1. The Morgan fingerprint density at radius 3 is 2.79 bits per heavy atom. The first-order chi connectivity index (χ1) is 13.5. The molecule has 1 amide bonds. The second-order valence-corrected chi connectivity index (χ2v) is 7.90. The minimum absolute atomic E-state index is 0.0598. The largest absolute Gasteiger partial charge is 0.494 e. The lowest BCUT2D eigenvalue weighted by molar-refractivity contribution is -0.0231. The van der Waals surface area contributed by atoms with E-state index in [0.717, 1.165) is 0 Å². The molecule has 4 rings (SSSR count). The Kier molecular flexibility index (Phi) is 5.42. The van der Waals surface area contributed by atoms with E-state index >= 15 is 0 Å². The first-order valence-corrected chi connectivity index (χ1v) is 9.80. The number of hydrogen-bond donors (Lipinski definition) is 1. The first-order valence-electron chi connectivity index (χ1n) is 9.42. The van der Waals surface area contributed by atoms with Crippen LogP contribution >= 0.6 is 11.6 Å². The highest BCUT2D eigenvalue weighted by Crippen LogP contribution is 2.39. The van der Waals surface area contributed by atoms with Crippen molar-refractivity contribution < 1.29 is 19.4 Å². The van der Waals surface area contributed by atoms with Gasteiger partial charge in [0.15, 0.2) is 0 Å². The summed E-state index contributed by atoms with van der Waals surface area (Å²) in [5.41, 5.74) is 0.517. The monoisotopic (exact) mass is 402 g/mol. The lowest BCUT2D eigenvalue weighted by Gasteiger charge is -2.35. The minimum Gasteiger partial charge on any atom is -0.494 e. The lowest BCUT2D eigenvalue weighted by atomic mass is 9.78. The van der Waals surface area contributed by atoms with Gasteiger partial charge in [-0.2, -0.15) is 0 Å². The van der Waals surface area contributed by atoms with Crippen LogP contribution in [0.1, 0.15) is 23.2 Å². The molecule has 0 spiro atoms. The van der Waals surface area contributed by atoms with Gasteiger partial charge in [-0.1, -0.05) is 17.7 Å². The molecule has 1 aromatic heterocycles. The van der Waals surface area contributed by atoms with Crippen LogP contribution in [-0.4, -0.2) is 53.3 Å². The van der Waals surface area contributed by atoms with Crippen molar-refractivity contribution in [1.82, 2.24) is 9.88 Å². The van der Waals surface area contributed by atoms with Gasteiger partial charge >= 0.3 is 0 Å². The summed E-state index contributed by atoms with van der Waals surface area (Å²) in [6, 6.07) is 8.89. The highest BCUT2D eigenvalue weighted by Gasteiger charge is 2.44. The molecule has 2 fully saturated rings. The van der Waals surface area contributed by atoms with Crippen molar-refractivity contribution >= 4 is 17.5 Å². The summed E-state index contributed by atoms with van der Waals surface area (Å²) in [5, 5.41) is 11.2. The van der Waals surface area contributed by atoms with Crippen molar-refractivity contribution in [3.05, 3.63) is 53.3 Å². The smallest absolute Gasteiger partial charge is 0.257 e. The number of aliphatic hydroxyl groups excluding tert-OH is 1. The van der Waals surface area contributed by atoms with Gasteiger partial charge in [0.05, 0.1) is 25.0 Å². The Labute approximate surface area is 169 Å². The highest BCUT2D eigenvalue weighted by molar-refractivity contribution is 6.30. The van der Waals surface area contributed by atoms with Crippen molar-refractivity contribution in [2.24, 2.45) is 11.8 Å². The molecule has 1 N–H and O–H groups in total. The number of pyridine rings is 1. The van der Waals surface area contributed by atoms with E-state index in [9.17, 15) is 9.90 Å². The van der Waals surface area contributed by atoms with Gasteiger partial charge in [-0.05, 0) is 48.9 Å². The molecule has 0 radical (unpaired) electrons. The molecule has 28 heavy (non-hydrogen) atoms. The fourth-order valence-corrected chi connectivity index (χ4v) is 4.47. The summed E-state index contributed by atoms with van der Waals surface area (Å²) in [7, 11) is 1.53. The number of aromatic nitrogens is 1. The van der Waals surface area contributed by atoms with Crippen LogP contribution in [0.3, 0.4) is 0 Å². The van der Waals surface area contributed by atoms with Gasteiger partial charge in [0, 0.05) is 24.3 Å². The molecule has 2 aliphatic rings. The molecule has 1 aliphatic carbocycles. The quantitative estimate of drug-likeness (QED) is 0.851. The molecule has 0 unspecified atom stereocenters. The van der Waals surface area contributed by atoms with Crippen LogP contribution < -0.4 is 9.47 Å². The second-order valence-electron chi connectivity index (χ2n) is 7.46.